The molecule has 2 aliphatic rings. The molecule has 1 saturated heterocycles. The van der Waals surface area contributed by atoms with Gasteiger partial charge in [0, 0.05) is 13.0 Å². The van der Waals surface area contributed by atoms with E-state index in [0.29, 0.717) is 13.0 Å². The first kappa shape index (κ1) is 10.5. The lowest BCUT2D eigenvalue weighted by atomic mass is 9.54. The van der Waals surface area contributed by atoms with Gasteiger partial charge in [0.15, 0.2) is 5.78 Å². The number of rotatable bonds is 0. The molecule has 1 aliphatic carbocycles. The quantitative estimate of drug-likeness (QED) is 0.664. The second-order valence-electron chi connectivity index (χ2n) is 5.56. The van der Waals surface area contributed by atoms with E-state index in [0.717, 1.165) is 6.42 Å². The Labute approximate surface area is 89.3 Å². The number of ketones is 1. The number of likely N-dealkylation sites (tertiary alicyclic amines) is 1. The number of nitrogens with zero attached hydrogens (tertiary/aromatic N) is 1. The van der Waals surface area contributed by atoms with Crippen LogP contribution in [0, 0.1) is 11.3 Å². The Bertz CT molecular complexity index is 331. The van der Waals surface area contributed by atoms with E-state index < -0.39 is 11.6 Å². The number of amides is 1. The minimum absolute atomic E-state index is 0.0971. The SMILES string of the molecule is CC(C)(C)C12C(=O)CC1CCN2C(=O)O. The Morgan fingerprint density at radius 3 is 2.47 bits per heavy atom. The van der Waals surface area contributed by atoms with Crippen LogP contribution in [0.25, 0.3) is 0 Å². The summed E-state index contributed by atoms with van der Waals surface area (Å²) in [5, 5.41) is 9.16. The molecular weight excluding hydrogens is 194 g/mol. The zero-order chi connectivity index (χ0) is 11.4. The third kappa shape index (κ3) is 1.02. The van der Waals surface area contributed by atoms with Crippen molar-refractivity contribution in [1.82, 2.24) is 4.90 Å². The van der Waals surface area contributed by atoms with Gasteiger partial charge in [-0.1, -0.05) is 20.8 Å². The molecule has 15 heavy (non-hydrogen) atoms. The largest absolute Gasteiger partial charge is 0.465 e. The average Bonchev–Trinajstić information content (AvgIpc) is 2.36. The van der Waals surface area contributed by atoms with Gasteiger partial charge in [-0.05, 0) is 17.8 Å². The lowest BCUT2D eigenvalue weighted by Gasteiger charge is -2.55. The molecule has 2 unspecified atom stereocenters. The summed E-state index contributed by atoms with van der Waals surface area (Å²) in [6.07, 6.45) is 0.427. The smallest absolute Gasteiger partial charge is 0.408 e. The Morgan fingerprint density at radius 1 is 1.53 bits per heavy atom. The molecule has 2 fully saturated rings. The molecular formula is C11H17NO3. The van der Waals surface area contributed by atoms with Crippen LogP contribution in [0.3, 0.4) is 0 Å². The molecule has 0 aromatic rings. The Balaban J connectivity index is 2.46. The monoisotopic (exact) mass is 211 g/mol. The van der Waals surface area contributed by atoms with E-state index in [9.17, 15) is 9.59 Å². The van der Waals surface area contributed by atoms with Gasteiger partial charge in [-0.15, -0.1) is 0 Å². The fraction of sp³-hybridized carbons (Fsp3) is 0.818. The third-order valence-corrected chi connectivity index (χ3v) is 3.95. The Morgan fingerprint density at radius 2 is 2.13 bits per heavy atom. The standard InChI is InChI=1S/C11H17NO3/c1-10(2,3)11-7(6-8(11)13)4-5-12(11)9(14)15/h7H,4-6H2,1-3H3,(H,14,15). The first-order chi connectivity index (χ1) is 6.81. The van der Waals surface area contributed by atoms with Gasteiger partial charge in [0.2, 0.25) is 0 Å². The van der Waals surface area contributed by atoms with Crippen LogP contribution in [0.5, 0.6) is 0 Å². The van der Waals surface area contributed by atoms with E-state index in [4.69, 9.17) is 5.11 Å². The van der Waals surface area contributed by atoms with Crippen LogP contribution in [0.15, 0.2) is 0 Å². The van der Waals surface area contributed by atoms with Crippen molar-refractivity contribution in [3.8, 4) is 0 Å². The van der Waals surface area contributed by atoms with Crippen LogP contribution in [-0.2, 0) is 4.79 Å². The predicted molar refractivity (Wildman–Crippen MR) is 54.6 cm³/mol. The molecule has 0 bridgehead atoms. The average molecular weight is 211 g/mol. The van der Waals surface area contributed by atoms with Crippen molar-refractivity contribution in [2.45, 2.75) is 39.2 Å². The predicted octanol–water partition coefficient (Wildman–Crippen LogP) is 1.74. The van der Waals surface area contributed by atoms with Crippen LogP contribution < -0.4 is 0 Å². The van der Waals surface area contributed by atoms with Crippen molar-refractivity contribution in [1.29, 1.82) is 0 Å². The van der Waals surface area contributed by atoms with Gasteiger partial charge in [-0.2, -0.15) is 0 Å². The van der Waals surface area contributed by atoms with Crippen LogP contribution >= 0.6 is 0 Å². The summed E-state index contributed by atoms with van der Waals surface area (Å²) in [6, 6.07) is 0. The van der Waals surface area contributed by atoms with Gasteiger partial charge < -0.3 is 5.11 Å². The second kappa shape index (κ2) is 2.74. The minimum Gasteiger partial charge on any atom is -0.465 e. The lowest BCUT2D eigenvalue weighted by Crippen LogP contribution is -2.70. The molecule has 1 amide bonds. The summed E-state index contributed by atoms with van der Waals surface area (Å²) in [5.41, 5.74) is -1.04. The van der Waals surface area contributed by atoms with Gasteiger partial charge in [0.05, 0.1) is 0 Å². The van der Waals surface area contributed by atoms with Gasteiger partial charge >= 0.3 is 6.09 Å². The number of Topliss-reactive ketones (excluding diaryl/α,β-unsaturated/α-hetero) is 1. The molecule has 1 saturated carbocycles. The van der Waals surface area contributed by atoms with E-state index in [1.54, 1.807) is 0 Å². The van der Waals surface area contributed by atoms with E-state index in [1.165, 1.54) is 4.90 Å². The highest BCUT2D eigenvalue weighted by Crippen LogP contribution is 2.56. The molecule has 1 heterocycles. The van der Waals surface area contributed by atoms with Gasteiger partial charge in [0.1, 0.15) is 5.54 Å². The molecule has 0 spiro atoms. The van der Waals surface area contributed by atoms with Crippen molar-refractivity contribution in [2.75, 3.05) is 6.54 Å². The molecule has 2 rings (SSSR count). The maximum atomic E-state index is 11.9. The third-order valence-electron chi connectivity index (χ3n) is 3.95. The Hall–Kier alpha value is -1.06. The van der Waals surface area contributed by atoms with Crippen molar-refractivity contribution in [3.05, 3.63) is 0 Å². The molecule has 4 nitrogen and oxygen atoms in total. The molecule has 0 radical (unpaired) electrons. The fourth-order valence-corrected chi connectivity index (χ4v) is 3.45. The normalized spacial score (nSPS) is 35.0. The number of hydrogen-bond donors (Lipinski definition) is 1. The van der Waals surface area contributed by atoms with E-state index >= 15 is 0 Å². The number of carboxylic acid groups (broad SMARTS) is 1. The number of hydrogen-bond acceptors (Lipinski definition) is 2. The van der Waals surface area contributed by atoms with Gasteiger partial charge in [-0.3, -0.25) is 9.69 Å². The fourth-order valence-electron chi connectivity index (χ4n) is 3.45. The first-order valence-corrected chi connectivity index (χ1v) is 5.35. The second-order valence-corrected chi connectivity index (χ2v) is 5.56. The maximum Gasteiger partial charge on any atom is 0.408 e. The van der Waals surface area contributed by atoms with Crippen molar-refractivity contribution >= 4 is 11.9 Å². The molecule has 1 aliphatic heterocycles. The molecule has 0 aromatic carbocycles. The van der Waals surface area contributed by atoms with Crippen LogP contribution in [-0.4, -0.2) is 34.0 Å². The summed E-state index contributed by atoms with van der Waals surface area (Å²) in [6.45, 7) is 6.37. The molecule has 4 heteroatoms. The maximum absolute atomic E-state index is 11.9. The van der Waals surface area contributed by atoms with Crippen LogP contribution in [0.1, 0.15) is 33.6 Å². The number of fused-ring (bicyclic) bond motifs is 1. The highest BCUT2D eigenvalue weighted by molar-refractivity contribution is 5.99. The Kier molecular flexibility index (Phi) is 1.91. The number of carbonyl (C=O) groups excluding carboxylic acids is 1. The zero-order valence-corrected chi connectivity index (χ0v) is 9.41. The lowest BCUT2D eigenvalue weighted by molar-refractivity contribution is -0.153. The summed E-state index contributed by atoms with van der Waals surface area (Å²) in [4.78, 5) is 24.4. The summed E-state index contributed by atoms with van der Waals surface area (Å²) in [7, 11) is 0. The highest BCUT2D eigenvalue weighted by atomic mass is 16.4. The highest BCUT2D eigenvalue weighted by Gasteiger charge is 2.68. The van der Waals surface area contributed by atoms with E-state index in [2.05, 4.69) is 0 Å². The van der Waals surface area contributed by atoms with E-state index in [-0.39, 0.29) is 17.1 Å². The topological polar surface area (TPSA) is 57.6 Å². The van der Waals surface area contributed by atoms with Crippen molar-refractivity contribution < 1.29 is 14.7 Å². The summed E-state index contributed by atoms with van der Waals surface area (Å²) in [5.74, 6) is 0.334. The van der Waals surface area contributed by atoms with Gasteiger partial charge in [-0.25, -0.2) is 4.79 Å². The first-order valence-electron chi connectivity index (χ1n) is 5.35. The summed E-state index contributed by atoms with van der Waals surface area (Å²) < 4.78 is 0. The number of carbonyl (C=O) groups is 2. The molecule has 2 atom stereocenters. The molecule has 84 valence electrons. The van der Waals surface area contributed by atoms with Crippen LogP contribution in [0.4, 0.5) is 4.79 Å². The zero-order valence-electron chi connectivity index (χ0n) is 9.41. The summed E-state index contributed by atoms with van der Waals surface area (Å²) >= 11 is 0. The van der Waals surface area contributed by atoms with Crippen molar-refractivity contribution in [2.24, 2.45) is 11.3 Å². The minimum atomic E-state index is -0.958. The molecule has 0 aromatic heterocycles. The molecule has 1 N–H and O–H groups in total. The van der Waals surface area contributed by atoms with Crippen LogP contribution in [0.2, 0.25) is 0 Å². The van der Waals surface area contributed by atoms with E-state index in [1.807, 2.05) is 20.8 Å². The van der Waals surface area contributed by atoms with Crippen molar-refractivity contribution in [3.63, 3.8) is 0 Å². The van der Waals surface area contributed by atoms with Gasteiger partial charge in [0.25, 0.3) is 0 Å².